The molecule has 2 N–H and O–H groups in total. The summed E-state index contributed by atoms with van der Waals surface area (Å²) in [6, 6.07) is 2.80. The predicted octanol–water partition coefficient (Wildman–Crippen LogP) is 0.0886. The molecule has 0 aromatic rings. The first-order chi connectivity index (χ1) is 9.20. The van der Waals surface area contributed by atoms with Crippen LogP contribution in [-0.4, -0.2) is 49.1 Å². The molecule has 2 heterocycles. The standard InChI is InChI=1S/C14H22N4O/c1-16-14(8-15,10-4-5-10)9-18-6-2-3-11-12(18)7-17-13(11)19/h10-12,16H,2-7,9H2,1H3,(H,17,19). The summed E-state index contributed by atoms with van der Waals surface area (Å²) >= 11 is 0. The summed E-state index contributed by atoms with van der Waals surface area (Å²) in [6.07, 6.45) is 4.35. The quantitative estimate of drug-likeness (QED) is 0.753. The fraction of sp³-hybridized carbons (Fsp3) is 0.857. The van der Waals surface area contributed by atoms with Gasteiger partial charge in [0.05, 0.1) is 12.0 Å². The van der Waals surface area contributed by atoms with E-state index in [0.29, 0.717) is 12.0 Å². The maximum absolute atomic E-state index is 11.8. The molecule has 3 fully saturated rings. The van der Waals surface area contributed by atoms with E-state index in [1.54, 1.807) is 0 Å². The number of fused-ring (bicyclic) bond motifs is 1. The van der Waals surface area contributed by atoms with Crippen LogP contribution in [0.15, 0.2) is 0 Å². The minimum absolute atomic E-state index is 0.140. The van der Waals surface area contributed by atoms with Crippen molar-refractivity contribution in [2.75, 3.05) is 26.7 Å². The maximum Gasteiger partial charge on any atom is 0.224 e. The Hall–Kier alpha value is -1.12. The van der Waals surface area contributed by atoms with Gasteiger partial charge in [0.1, 0.15) is 5.54 Å². The van der Waals surface area contributed by atoms with Gasteiger partial charge >= 0.3 is 0 Å². The van der Waals surface area contributed by atoms with E-state index in [-0.39, 0.29) is 11.8 Å². The first-order valence-corrected chi connectivity index (χ1v) is 7.32. The van der Waals surface area contributed by atoms with E-state index >= 15 is 0 Å². The van der Waals surface area contributed by atoms with Gasteiger partial charge in [-0.25, -0.2) is 0 Å². The van der Waals surface area contributed by atoms with Crippen LogP contribution in [0.1, 0.15) is 25.7 Å². The molecule has 0 aromatic carbocycles. The lowest BCUT2D eigenvalue weighted by atomic mass is 9.87. The number of nitrogens with one attached hydrogen (secondary N) is 2. The van der Waals surface area contributed by atoms with Crippen molar-refractivity contribution in [3.8, 4) is 6.07 Å². The Morgan fingerprint density at radius 1 is 1.53 bits per heavy atom. The average Bonchev–Trinajstić information content (AvgIpc) is 3.22. The first kappa shape index (κ1) is 12.9. The number of amides is 1. The molecule has 0 spiro atoms. The predicted molar refractivity (Wildman–Crippen MR) is 71.2 cm³/mol. The number of rotatable bonds is 4. The molecule has 1 aliphatic carbocycles. The monoisotopic (exact) mass is 262 g/mol. The third-order valence-corrected chi connectivity index (χ3v) is 5.09. The molecule has 3 aliphatic rings. The van der Waals surface area contributed by atoms with Crippen LogP contribution in [0, 0.1) is 23.2 Å². The van der Waals surface area contributed by atoms with Gasteiger partial charge in [0.15, 0.2) is 0 Å². The fourth-order valence-electron chi connectivity index (χ4n) is 3.73. The van der Waals surface area contributed by atoms with E-state index in [0.717, 1.165) is 45.3 Å². The zero-order valence-electron chi connectivity index (χ0n) is 11.5. The minimum atomic E-state index is -0.423. The zero-order chi connectivity index (χ0) is 13.5. The summed E-state index contributed by atoms with van der Waals surface area (Å²) in [5, 5.41) is 15.8. The number of likely N-dealkylation sites (N-methyl/N-ethyl adjacent to an activating group) is 1. The van der Waals surface area contributed by atoms with Crippen LogP contribution in [0.2, 0.25) is 0 Å². The normalized spacial score (nSPS) is 34.2. The van der Waals surface area contributed by atoms with Gasteiger partial charge in [-0.1, -0.05) is 0 Å². The summed E-state index contributed by atoms with van der Waals surface area (Å²) in [5.74, 6) is 0.822. The lowest BCUT2D eigenvalue weighted by Crippen LogP contribution is -2.57. The Balaban J connectivity index is 1.75. The van der Waals surface area contributed by atoms with Crippen molar-refractivity contribution in [2.45, 2.75) is 37.3 Å². The van der Waals surface area contributed by atoms with Crippen LogP contribution in [0.25, 0.3) is 0 Å². The highest BCUT2D eigenvalue weighted by molar-refractivity contribution is 5.82. The van der Waals surface area contributed by atoms with E-state index in [1.165, 1.54) is 0 Å². The Labute approximate surface area is 114 Å². The van der Waals surface area contributed by atoms with Crippen molar-refractivity contribution in [1.82, 2.24) is 15.5 Å². The zero-order valence-corrected chi connectivity index (χ0v) is 11.5. The molecule has 0 radical (unpaired) electrons. The number of carbonyl (C=O) groups is 1. The second kappa shape index (κ2) is 4.77. The lowest BCUT2D eigenvalue weighted by molar-refractivity contribution is -0.124. The van der Waals surface area contributed by atoms with Crippen molar-refractivity contribution >= 4 is 5.91 Å². The van der Waals surface area contributed by atoms with Gasteiger partial charge in [0.25, 0.3) is 0 Å². The maximum atomic E-state index is 11.8. The summed E-state index contributed by atoms with van der Waals surface area (Å²) < 4.78 is 0. The largest absolute Gasteiger partial charge is 0.354 e. The van der Waals surface area contributed by atoms with Crippen LogP contribution >= 0.6 is 0 Å². The highest BCUT2D eigenvalue weighted by Crippen LogP contribution is 2.41. The third kappa shape index (κ3) is 2.13. The number of hydrogen-bond acceptors (Lipinski definition) is 4. The molecule has 0 aromatic heterocycles. The van der Waals surface area contributed by atoms with Crippen molar-refractivity contribution < 1.29 is 4.79 Å². The number of piperidine rings is 1. The Morgan fingerprint density at radius 2 is 2.32 bits per heavy atom. The van der Waals surface area contributed by atoms with Crippen molar-refractivity contribution in [2.24, 2.45) is 11.8 Å². The lowest BCUT2D eigenvalue weighted by Gasteiger charge is -2.40. The molecule has 1 saturated carbocycles. The fourth-order valence-corrected chi connectivity index (χ4v) is 3.73. The molecule has 5 heteroatoms. The van der Waals surface area contributed by atoms with Gasteiger partial charge in [-0.2, -0.15) is 5.26 Å². The van der Waals surface area contributed by atoms with Gasteiger partial charge in [-0.05, 0) is 45.2 Å². The van der Waals surface area contributed by atoms with E-state index in [2.05, 4.69) is 21.6 Å². The van der Waals surface area contributed by atoms with Gasteiger partial charge in [0.2, 0.25) is 5.91 Å². The molecular formula is C14H22N4O. The first-order valence-electron chi connectivity index (χ1n) is 7.32. The number of hydrogen-bond donors (Lipinski definition) is 2. The summed E-state index contributed by atoms with van der Waals surface area (Å²) in [5.41, 5.74) is -0.423. The van der Waals surface area contributed by atoms with Crippen LogP contribution in [0.3, 0.4) is 0 Å². The number of nitriles is 1. The van der Waals surface area contributed by atoms with Crippen LogP contribution in [0.4, 0.5) is 0 Å². The van der Waals surface area contributed by atoms with E-state index < -0.39 is 5.54 Å². The molecule has 1 amide bonds. The number of nitrogens with zero attached hydrogens (tertiary/aromatic N) is 2. The smallest absolute Gasteiger partial charge is 0.224 e. The van der Waals surface area contributed by atoms with Gasteiger partial charge < -0.3 is 10.6 Å². The average molecular weight is 262 g/mol. The molecule has 2 saturated heterocycles. The van der Waals surface area contributed by atoms with Crippen molar-refractivity contribution in [1.29, 1.82) is 5.26 Å². The van der Waals surface area contributed by atoms with E-state index in [9.17, 15) is 10.1 Å². The molecule has 3 unspecified atom stereocenters. The SMILES string of the molecule is CNC(C#N)(CN1CCCC2C(=O)NCC21)C1CC1. The topological polar surface area (TPSA) is 68.2 Å². The molecule has 19 heavy (non-hydrogen) atoms. The van der Waals surface area contributed by atoms with Gasteiger partial charge in [-0.15, -0.1) is 0 Å². The van der Waals surface area contributed by atoms with Crippen LogP contribution in [-0.2, 0) is 4.79 Å². The molecule has 3 atom stereocenters. The van der Waals surface area contributed by atoms with Gasteiger partial charge in [-0.3, -0.25) is 9.69 Å². The summed E-state index contributed by atoms with van der Waals surface area (Å²) in [4.78, 5) is 14.2. The summed E-state index contributed by atoms with van der Waals surface area (Å²) in [7, 11) is 1.89. The molecule has 5 nitrogen and oxygen atoms in total. The molecule has 0 bridgehead atoms. The highest BCUT2D eigenvalue weighted by atomic mass is 16.2. The third-order valence-electron chi connectivity index (χ3n) is 5.09. The number of carbonyl (C=O) groups excluding carboxylic acids is 1. The molecule has 104 valence electrons. The Bertz CT molecular complexity index is 414. The van der Waals surface area contributed by atoms with E-state index in [4.69, 9.17) is 0 Å². The van der Waals surface area contributed by atoms with Crippen LogP contribution < -0.4 is 10.6 Å². The second-order valence-electron chi connectivity index (χ2n) is 6.14. The Morgan fingerprint density at radius 3 is 2.95 bits per heavy atom. The van der Waals surface area contributed by atoms with E-state index in [1.807, 2.05) is 7.05 Å². The van der Waals surface area contributed by atoms with Crippen molar-refractivity contribution in [3.05, 3.63) is 0 Å². The van der Waals surface area contributed by atoms with Gasteiger partial charge in [0, 0.05) is 19.1 Å². The molecule has 2 aliphatic heterocycles. The summed E-state index contributed by atoms with van der Waals surface area (Å²) in [6.45, 7) is 2.51. The second-order valence-corrected chi connectivity index (χ2v) is 6.14. The van der Waals surface area contributed by atoms with Crippen LogP contribution in [0.5, 0.6) is 0 Å². The highest BCUT2D eigenvalue weighted by Gasteiger charge is 2.49. The Kier molecular flexibility index (Phi) is 3.23. The number of likely N-dealkylation sites (tertiary alicyclic amines) is 1. The minimum Gasteiger partial charge on any atom is -0.354 e. The molecule has 3 rings (SSSR count). The molecular weight excluding hydrogens is 240 g/mol. The van der Waals surface area contributed by atoms with Crippen molar-refractivity contribution in [3.63, 3.8) is 0 Å².